The Morgan fingerprint density at radius 1 is 1.05 bits per heavy atom. The molecular weight excluding hydrogens is 264 g/mol. The molecule has 1 aromatic carbocycles. The van der Waals surface area contributed by atoms with E-state index in [0.717, 1.165) is 30.1 Å². The zero-order valence-electron chi connectivity index (χ0n) is 12.3. The standard InChI is InChI=1S/C15H18N6/c1-3-20(4-2)14-13-15(17-11-16-14)21(19-18-13)10-12-8-6-5-7-9-12/h5-9,11H,3-4,10H2,1-2H3. The zero-order valence-corrected chi connectivity index (χ0v) is 12.3. The SMILES string of the molecule is CCN(CC)c1ncnc2c1nnn2Cc1ccccc1. The quantitative estimate of drug-likeness (QED) is 0.717. The molecule has 6 nitrogen and oxygen atoms in total. The van der Waals surface area contributed by atoms with E-state index in [0.29, 0.717) is 6.54 Å². The van der Waals surface area contributed by atoms with Gasteiger partial charge in [-0.1, -0.05) is 35.5 Å². The van der Waals surface area contributed by atoms with Gasteiger partial charge in [-0.05, 0) is 19.4 Å². The highest BCUT2D eigenvalue weighted by molar-refractivity contribution is 5.82. The number of hydrogen-bond donors (Lipinski definition) is 0. The highest BCUT2D eigenvalue weighted by Crippen LogP contribution is 2.20. The number of aromatic nitrogens is 5. The lowest BCUT2D eigenvalue weighted by Gasteiger charge is -2.19. The van der Waals surface area contributed by atoms with E-state index in [1.165, 1.54) is 5.56 Å². The Morgan fingerprint density at radius 3 is 2.52 bits per heavy atom. The van der Waals surface area contributed by atoms with E-state index in [1.807, 2.05) is 22.9 Å². The first-order chi connectivity index (χ1) is 10.3. The van der Waals surface area contributed by atoms with Crippen molar-refractivity contribution in [3.63, 3.8) is 0 Å². The number of anilines is 1. The Balaban J connectivity index is 2.01. The third-order valence-electron chi connectivity index (χ3n) is 3.52. The van der Waals surface area contributed by atoms with Crippen molar-refractivity contribution in [2.24, 2.45) is 0 Å². The van der Waals surface area contributed by atoms with Gasteiger partial charge in [0, 0.05) is 13.1 Å². The molecule has 0 unspecified atom stereocenters. The van der Waals surface area contributed by atoms with Crippen molar-refractivity contribution < 1.29 is 0 Å². The summed E-state index contributed by atoms with van der Waals surface area (Å²) in [7, 11) is 0. The zero-order chi connectivity index (χ0) is 14.7. The Morgan fingerprint density at radius 2 is 1.81 bits per heavy atom. The van der Waals surface area contributed by atoms with Crippen LogP contribution in [0.4, 0.5) is 5.82 Å². The summed E-state index contributed by atoms with van der Waals surface area (Å²) in [6.07, 6.45) is 1.58. The van der Waals surface area contributed by atoms with Crippen LogP contribution in [0.3, 0.4) is 0 Å². The first-order valence-electron chi connectivity index (χ1n) is 7.16. The minimum absolute atomic E-state index is 0.659. The fourth-order valence-corrected chi connectivity index (χ4v) is 2.40. The lowest BCUT2D eigenvalue weighted by molar-refractivity contribution is 0.664. The number of hydrogen-bond acceptors (Lipinski definition) is 5. The maximum absolute atomic E-state index is 4.37. The Labute approximate surface area is 123 Å². The van der Waals surface area contributed by atoms with Gasteiger partial charge in [-0.2, -0.15) is 0 Å². The van der Waals surface area contributed by atoms with Crippen molar-refractivity contribution in [2.45, 2.75) is 20.4 Å². The minimum Gasteiger partial charge on any atom is -0.355 e. The lowest BCUT2D eigenvalue weighted by Crippen LogP contribution is -2.23. The maximum Gasteiger partial charge on any atom is 0.184 e. The van der Waals surface area contributed by atoms with Gasteiger partial charge in [-0.25, -0.2) is 14.6 Å². The second kappa shape index (κ2) is 5.87. The lowest BCUT2D eigenvalue weighted by atomic mass is 10.2. The molecule has 0 amide bonds. The van der Waals surface area contributed by atoms with Crippen molar-refractivity contribution in [3.8, 4) is 0 Å². The molecule has 0 atom stereocenters. The van der Waals surface area contributed by atoms with E-state index in [4.69, 9.17) is 0 Å². The van der Waals surface area contributed by atoms with Gasteiger partial charge in [-0.15, -0.1) is 5.10 Å². The summed E-state index contributed by atoms with van der Waals surface area (Å²) >= 11 is 0. The summed E-state index contributed by atoms with van der Waals surface area (Å²) in [5.41, 5.74) is 2.71. The second-order valence-corrected chi connectivity index (χ2v) is 4.77. The molecule has 0 radical (unpaired) electrons. The van der Waals surface area contributed by atoms with Gasteiger partial charge in [-0.3, -0.25) is 0 Å². The summed E-state index contributed by atoms with van der Waals surface area (Å²) in [4.78, 5) is 10.9. The van der Waals surface area contributed by atoms with E-state index in [9.17, 15) is 0 Å². The van der Waals surface area contributed by atoms with E-state index in [2.05, 4.69) is 51.2 Å². The molecule has 21 heavy (non-hydrogen) atoms. The van der Waals surface area contributed by atoms with Crippen molar-refractivity contribution in [1.29, 1.82) is 0 Å². The van der Waals surface area contributed by atoms with Crippen LogP contribution in [0.15, 0.2) is 36.7 Å². The first kappa shape index (κ1) is 13.5. The second-order valence-electron chi connectivity index (χ2n) is 4.77. The highest BCUT2D eigenvalue weighted by atomic mass is 15.4. The number of nitrogens with zero attached hydrogens (tertiary/aromatic N) is 6. The number of fused-ring (bicyclic) bond motifs is 1. The molecule has 108 valence electrons. The van der Waals surface area contributed by atoms with Crippen LogP contribution in [0.2, 0.25) is 0 Å². The van der Waals surface area contributed by atoms with Gasteiger partial charge < -0.3 is 4.90 Å². The molecule has 0 aliphatic carbocycles. The number of benzene rings is 1. The molecule has 6 heteroatoms. The monoisotopic (exact) mass is 282 g/mol. The van der Waals surface area contributed by atoms with Crippen LogP contribution in [0.5, 0.6) is 0 Å². The fourth-order valence-electron chi connectivity index (χ4n) is 2.40. The number of rotatable bonds is 5. The van der Waals surface area contributed by atoms with E-state index < -0.39 is 0 Å². The summed E-state index contributed by atoms with van der Waals surface area (Å²) in [6, 6.07) is 10.2. The molecule has 2 heterocycles. The van der Waals surface area contributed by atoms with Crippen LogP contribution in [-0.2, 0) is 6.54 Å². The average molecular weight is 282 g/mol. The van der Waals surface area contributed by atoms with E-state index in [-0.39, 0.29) is 0 Å². The van der Waals surface area contributed by atoms with Gasteiger partial charge in [0.2, 0.25) is 0 Å². The van der Waals surface area contributed by atoms with E-state index in [1.54, 1.807) is 6.33 Å². The molecule has 3 aromatic rings. The Bertz CT molecular complexity index is 717. The van der Waals surface area contributed by atoms with Gasteiger partial charge in [0.15, 0.2) is 17.0 Å². The normalized spacial score (nSPS) is 11.0. The van der Waals surface area contributed by atoms with E-state index >= 15 is 0 Å². The predicted octanol–water partition coefficient (Wildman–Crippen LogP) is 2.12. The van der Waals surface area contributed by atoms with Crippen LogP contribution in [0.1, 0.15) is 19.4 Å². The van der Waals surface area contributed by atoms with Gasteiger partial charge >= 0.3 is 0 Å². The highest BCUT2D eigenvalue weighted by Gasteiger charge is 2.15. The van der Waals surface area contributed by atoms with Gasteiger partial charge in [0.25, 0.3) is 0 Å². The van der Waals surface area contributed by atoms with Crippen LogP contribution >= 0.6 is 0 Å². The molecule has 0 aliphatic rings. The van der Waals surface area contributed by atoms with Crippen LogP contribution in [-0.4, -0.2) is 38.1 Å². The molecule has 3 rings (SSSR count). The Hall–Kier alpha value is -2.50. The summed E-state index contributed by atoms with van der Waals surface area (Å²) < 4.78 is 1.82. The molecule has 0 N–H and O–H groups in total. The average Bonchev–Trinajstić information content (AvgIpc) is 2.94. The van der Waals surface area contributed by atoms with Gasteiger partial charge in [0.1, 0.15) is 6.33 Å². The van der Waals surface area contributed by atoms with Crippen molar-refractivity contribution >= 4 is 17.0 Å². The van der Waals surface area contributed by atoms with Crippen LogP contribution in [0.25, 0.3) is 11.2 Å². The van der Waals surface area contributed by atoms with Crippen molar-refractivity contribution in [1.82, 2.24) is 25.0 Å². The largest absolute Gasteiger partial charge is 0.355 e. The van der Waals surface area contributed by atoms with Crippen molar-refractivity contribution in [3.05, 3.63) is 42.2 Å². The van der Waals surface area contributed by atoms with Crippen LogP contribution < -0.4 is 4.90 Å². The molecule has 0 spiro atoms. The van der Waals surface area contributed by atoms with Crippen molar-refractivity contribution in [2.75, 3.05) is 18.0 Å². The summed E-state index contributed by atoms with van der Waals surface area (Å²) in [6.45, 7) is 6.63. The molecule has 2 aromatic heterocycles. The minimum atomic E-state index is 0.659. The fraction of sp³-hybridized carbons (Fsp3) is 0.333. The van der Waals surface area contributed by atoms with Crippen LogP contribution in [0, 0.1) is 0 Å². The maximum atomic E-state index is 4.37. The summed E-state index contributed by atoms with van der Waals surface area (Å²) in [5, 5.41) is 8.52. The third-order valence-corrected chi connectivity index (χ3v) is 3.52. The molecule has 0 fully saturated rings. The molecule has 0 saturated carbocycles. The molecular formula is C15H18N6. The molecule has 0 saturated heterocycles. The predicted molar refractivity (Wildman–Crippen MR) is 82.2 cm³/mol. The summed E-state index contributed by atoms with van der Waals surface area (Å²) in [5.74, 6) is 0.851. The first-order valence-corrected chi connectivity index (χ1v) is 7.16. The topological polar surface area (TPSA) is 59.7 Å². The Kier molecular flexibility index (Phi) is 3.77. The smallest absolute Gasteiger partial charge is 0.184 e. The molecule has 0 bridgehead atoms. The third kappa shape index (κ3) is 2.56. The van der Waals surface area contributed by atoms with Gasteiger partial charge in [0.05, 0.1) is 6.54 Å². The molecule has 0 aliphatic heterocycles.